The van der Waals surface area contributed by atoms with E-state index in [4.69, 9.17) is 14.6 Å². The Morgan fingerprint density at radius 3 is 2.90 bits per heavy atom. The summed E-state index contributed by atoms with van der Waals surface area (Å²) in [5, 5.41) is 11.6. The van der Waals surface area contributed by atoms with Crippen molar-refractivity contribution < 1.29 is 13.9 Å². The van der Waals surface area contributed by atoms with Crippen LogP contribution in [0, 0.1) is 12.3 Å². The number of nitrogens with one attached hydrogen (secondary N) is 2. The molecule has 0 aliphatic rings. The third-order valence-corrected chi connectivity index (χ3v) is 4.82. The summed E-state index contributed by atoms with van der Waals surface area (Å²) in [4.78, 5) is 30.6. The molecule has 0 bridgehead atoms. The molecule has 0 spiro atoms. The second-order valence-corrected chi connectivity index (χ2v) is 6.90. The van der Waals surface area contributed by atoms with Gasteiger partial charge in [-0.15, -0.1) is 0 Å². The maximum Gasteiger partial charge on any atom is 0.267 e. The first-order chi connectivity index (χ1) is 14.5. The summed E-state index contributed by atoms with van der Waals surface area (Å²) in [6.45, 7) is 2.64. The van der Waals surface area contributed by atoms with Gasteiger partial charge in [-0.25, -0.2) is 4.98 Å². The molecule has 0 radical (unpaired) electrons. The van der Waals surface area contributed by atoms with Gasteiger partial charge in [-0.2, -0.15) is 0 Å². The van der Waals surface area contributed by atoms with Crippen molar-refractivity contribution >= 4 is 22.6 Å². The van der Waals surface area contributed by atoms with Crippen molar-refractivity contribution in [3.63, 3.8) is 0 Å². The van der Waals surface area contributed by atoms with Crippen LogP contribution < -0.4 is 16.4 Å². The van der Waals surface area contributed by atoms with E-state index in [1.807, 2.05) is 13.0 Å². The number of furan rings is 1. The van der Waals surface area contributed by atoms with Crippen LogP contribution in [0.2, 0.25) is 0 Å². The SMILES string of the molecule is COCCn1c(=N)c(C(=O)NCc2ccco2)cc2c(=O)n3cc(C)ccc3nc21. The topological polar surface area (TPSA) is 115 Å². The number of aromatic nitrogens is 3. The minimum Gasteiger partial charge on any atom is -0.467 e. The predicted molar refractivity (Wildman–Crippen MR) is 109 cm³/mol. The van der Waals surface area contributed by atoms with Gasteiger partial charge in [0.05, 0.1) is 30.4 Å². The number of ether oxygens (including phenoxy) is 1. The minimum atomic E-state index is -0.474. The molecule has 154 valence electrons. The first-order valence-corrected chi connectivity index (χ1v) is 9.40. The third kappa shape index (κ3) is 3.50. The van der Waals surface area contributed by atoms with Crippen molar-refractivity contribution in [2.24, 2.45) is 0 Å². The monoisotopic (exact) mass is 407 g/mol. The zero-order valence-electron chi connectivity index (χ0n) is 16.6. The van der Waals surface area contributed by atoms with Gasteiger partial charge in [0.1, 0.15) is 22.5 Å². The van der Waals surface area contributed by atoms with E-state index in [9.17, 15) is 9.59 Å². The van der Waals surface area contributed by atoms with Crippen molar-refractivity contribution in [2.75, 3.05) is 13.7 Å². The van der Waals surface area contributed by atoms with Crippen LogP contribution in [-0.4, -0.2) is 33.6 Å². The number of carbonyl (C=O) groups is 1. The Labute approximate surface area is 171 Å². The summed E-state index contributed by atoms with van der Waals surface area (Å²) in [6.07, 6.45) is 3.22. The first kappa shape index (κ1) is 19.6. The maximum atomic E-state index is 13.2. The van der Waals surface area contributed by atoms with Gasteiger partial charge in [-0.3, -0.25) is 19.4 Å². The number of carbonyl (C=O) groups excluding carboxylic acids is 1. The standard InChI is InChI=1S/C21H21N5O4/c1-13-5-6-17-24-19-16(21(28)26(17)12-13)10-15(18(22)25(19)7-9-29-2)20(27)23-11-14-4-3-8-30-14/h3-6,8,10,12,22H,7,9,11H2,1-2H3,(H,23,27). The van der Waals surface area contributed by atoms with Crippen LogP contribution in [0.1, 0.15) is 21.7 Å². The molecule has 0 atom stereocenters. The normalized spacial score (nSPS) is 11.3. The van der Waals surface area contributed by atoms with Crippen molar-refractivity contribution in [2.45, 2.75) is 20.0 Å². The molecule has 30 heavy (non-hydrogen) atoms. The number of fused-ring (bicyclic) bond motifs is 2. The molecule has 0 aromatic carbocycles. The molecule has 4 aromatic heterocycles. The zero-order chi connectivity index (χ0) is 21.3. The molecule has 1 amide bonds. The maximum absolute atomic E-state index is 13.2. The van der Waals surface area contributed by atoms with Crippen LogP contribution in [0.25, 0.3) is 16.7 Å². The Morgan fingerprint density at radius 2 is 2.17 bits per heavy atom. The molecule has 0 aliphatic heterocycles. The third-order valence-electron chi connectivity index (χ3n) is 4.82. The summed E-state index contributed by atoms with van der Waals surface area (Å²) < 4.78 is 13.4. The lowest BCUT2D eigenvalue weighted by Crippen LogP contribution is -2.35. The Balaban J connectivity index is 1.89. The van der Waals surface area contributed by atoms with E-state index < -0.39 is 5.91 Å². The van der Waals surface area contributed by atoms with Crippen molar-refractivity contribution in [3.8, 4) is 0 Å². The van der Waals surface area contributed by atoms with E-state index in [-0.39, 0.29) is 35.1 Å². The highest BCUT2D eigenvalue weighted by Gasteiger charge is 2.17. The van der Waals surface area contributed by atoms with E-state index in [0.29, 0.717) is 23.7 Å². The zero-order valence-corrected chi connectivity index (χ0v) is 16.6. The average Bonchev–Trinajstić information content (AvgIpc) is 3.26. The molecule has 9 nitrogen and oxygen atoms in total. The summed E-state index contributed by atoms with van der Waals surface area (Å²) >= 11 is 0. The van der Waals surface area contributed by atoms with Crippen LogP contribution >= 0.6 is 0 Å². The minimum absolute atomic E-state index is 0.0418. The van der Waals surface area contributed by atoms with Crippen molar-refractivity contribution in [3.05, 3.63) is 75.5 Å². The number of nitrogens with zero attached hydrogens (tertiary/aromatic N) is 3. The van der Waals surface area contributed by atoms with E-state index in [1.54, 1.807) is 31.5 Å². The molecule has 0 unspecified atom stereocenters. The lowest BCUT2D eigenvalue weighted by Gasteiger charge is -2.14. The number of aryl methyl sites for hydroxylation is 1. The number of amides is 1. The number of hydrogen-bond acceptors (Lipinski definition) is 6. The predicted octanol–water partition coefficient (Wildman–Crippen LogP) is 1.61. The van der Waals surface area contributed by atoms with Crippen molar-refractivity contribution in [1.82, 2.24) is 19.3 Å². The largest absolute Gasteiger partial charge is 0.467 e. The van der Waals surface area contributed by atoms with Crippen molar-refractivity contribution in [1.29, 1.82) is 5.41 Å². The smallest absolute Gasteiger partial charge is 0.267 e. The fourth-order valence-corrected chi connectivity index (χ4v) is 3.29. The van der Waals surface area contributed by atoms with E-state index in [1.165, 1.54) is 21.3 Å². The van der Waals surface area contributed by atoms with Crippen LogP contribution in [0.15, 0.2) is 52.0 Å². The molecule has 0 saturated carbocycles. The lowest BCUT2D eigenvalue weighted by atomic mass is 10.2. The van der Waals surface area contributed by atoms with Crippen LogP contribution in [0.5, 0.6) is 0 Å². The van der Waals surface area contributed by atoms with Gasteiger partial charge in [0.25, 0.3) is 11.5 Å². The number of methoxy groups -OCH3 is 1. The molecule has 0 aliphatic carbocycles. The van der Waals surface area contributed by atoms with Crippen LogP contribution in [0.3, 0.4) is 0 Å². The van der Waals surface area contributed by atoms with Gasteiger partial charge in [0, 0.05) is 19.9 Å². The first-order valence-electron chi connectivity index (χ1n) is 9.40. The van der Waals surface area contributed by atoms with E-state index >= 15 is 0 Å². The Morgan fingerprint density at radius 1 is 1.33 bits per heavy atom. The highest BCUT2D eigenvalue weighted by Crippen LogP contribution is 2.11. The highest BCUT2D eigenvalue weighted by atomic mass is 16.5. The Bertz CT molecular complexity index is 1350. The fraction of sp³-hybridized carbons (Fsp3) is 0.238. The van der Waals surface area contributed by atoms with Gasteiger partial charge in [0.2, 0.25) is 0 Å². The van der Waals surface area contributed by atoms with Gasteiger partial charge in [0.15, 0.2) is 0 Å². The molecule has 4 aromatic rings. The molecule has 0 fully saturated rings. The molecule has 0 saturated heterocycles. The van der Waals surface area contributed by atoms with Gasteiger partial charge >= 0.3 is 0 Å². The molecular formula is C21H21N5O4. The fourth-order valence-electron chi connectivity index (χ4n) is 3.29. The molecule has 2 N–H and O–H groups in total. The quantitative estimate of drug-likeness (QED) is 0.471. The number of pyridine rings is 2. The van der Waals surface area contributed by atoms with Crippen LogP contribution in [0.4, 0.5) is 0 Å². The van der Waals surface area contributed by atoms with Gasteiger partial charge in [-0.1, -0.05) is 6.07 Å². The van der Waals surface area contributed by atoms with Gasteiger partial charge < -0.3 is 19.0 Å². The van der Waals surface area contributed by atoms with E-state index in [2.05, 4.69) is 10.3 Å². The second kappa shape index (κ2) is 7.96. The molecule has 4 rings (SSSR count). The summed E-state index contributed by atoms with van der Waals surface area (Å²) in [6, 6.07) is 8.52. The highest BCUT2D eigenvalue weighted by molar-refractivity contribution is 5.96. The molecular weight excluding hydrogens is 386 g/mol. The Hall–Kier alpha value is -3.72. The number of rotatable bonds is 6. The summed E-state index contributed by atoms with van der Waals surface area (Å²) in [7, 11) is 1.55. The summed E-state index contributed by atoms with van der Waals surface area (Å²) in [5.74, 6) is 0.115. The second-order valence-electron chi connectivity index (χ2n) is 6.90. The average molecular weight is 407 g/mol. The molecule has 9 heteroatoms. The lowest BCUT2D eigenvalue weighted by molar-refractivity contribution is 0.0945. The Kier molecular flexibility index (Phi) is 5.20. The summed E-state index contributed by atoms with van der Waals surface area (Å²) in [5.41, 5.74) is 1.46. The van der Waals surface area contributed by atoms with Crippen LogP contribution in [-0.2, 0) is 17.8 Å². The van der Waals surface area contributed by atoms with Gasteiger partial charge in [-0.05, 0) is 36.8 Å². The molecule has 4 heterocycles. The number of hydrogen-bond donors (Lipinski definition) is 2. The van der Waals surface area contributed by atoms with E-state index in [0.717, 1.165) is 5.56 Å².